The van der Waals surface area contributed by atoms with Crippen LogP contribution in [0, 0.1) is 0 Å². The third kappa shape index (κ3) is 4.59. The highest BCUT2D eigenvalue weighted by molar-refractivity contribution is 6.18. The second-order valence-corrected chi connectivity index (χ2v) is 10.5. The van der Waals surface area contributed by atoms with Crippen LogP contribution < -0.4 is 11.5 Å². The van der Waals surface area contributed by atoms with E-state index >= 15 is 0 Å². The van der Waals surface area contributed by atoms with E-state index in [-0.39, 0.29) is 25.7 Å². The summed E-state index contributed by atoms with van der Waals surface area (Å²) in [7, 11) is 0. The molecule has 34 heavy (non-hydrogen) atoms. The number of rotatable bonds is 10. The maximum absolute atomic E-state index is 12.6. The normalized spacial score (nSPS) is 26.7. The predicted molar refractivity (Wildman–Crippen MR) is 140 cm³/mol. The summed E-state index contributed by atoms with van der Waals surface area (Å²) in [4.78, 5) is 36.0. The molecule has 0 aliphatic carbocycles. The van der Waals surface area contributed by atoms with Crippen molar-refractivity contribution in [3.63, 3.8) is 0 Å². The fraction of sp³-hybridized carbons (Fsp3) is 0.652. The van der Waals surface area contributed by atoms with Gasteiger partial charge in [0.15, 0.2) is 0 Å². The minimum absolute atomic E-state index is 0.0845. The van der Waals surface area contributed by atoms with Crippen molar-refractivity contribution in [1.82, 2.24) is 0 Å². The zero-order valence-electron chi connectivity index (χ0n) is 20.2. The summed E-state index contributed by atoms with van der Waals surface area (Å²) in [5.74, 6) is 0. The van der Waals surface area contributed by atoms with Crippen LogP contribution in [0.1, 0.15) is 53.4 Å². The minimum atomic E-state index is -1.68. The molecule has 5 N–H and O–H groups in total. The van der Waals surface area contributed by atoms with Gasteiger partial charge >= 0.3 is 0 Å². The van der Waals surface area contributed by atoms with E-state index < -0.39 is 39.8 Å². The Labute approximate surface area is 199 Å². The van der Waals surface area contributed by atoms with Gasteiger partial charge < -0.3 is 16.6 Å². The highest BCUT2D eigenvalue weighted by Gasteiger charge is 2.60. The van der Waals surface area contributed by atoms with Crippen LogP contribution in [0.25, 0.3) is 0 Å². The SMILES string of the molecule is CC1(CC(N)C(O)(CC2(C)N=CC=N2)C(N)(CC2(C)N=CC=N2)CC2(C)N=CC=N2)N=CC=N1. The smallest absolute Gasteiger partial charge is 0.150 e. The average Bonchev–Trinajstić information content (AvgIpc) is 3.52. The van der Waals surface area contributed by atoms with Gasteiger partial charge in [-0.25, -0.2) is 0 Å². The Morgan fingerprint density at radius 3 is 1.26 bits per heavy atom. The summed E-state index contributed by atoms with van der Waals surface area (Å²) in [6, 6.07) is -0.825. The number of aliphatic hydroxyl groups is 1. The van der Waals surface area contributed by atoms with Crippen LogP contribution in [0.3, 0.4) is 0 Å². The lowest BCUT2D eigenvalue weighted by atomic mass is 9.63. The molecule has 0 aromatic carbocycles. The Balaban J connectivity index is 1.79. The summed E-state index contributed by atoms with van der Waals surface area (Å²) in [6.45, 7) is 7.48. The van der Waals surface area contributed by atoms with Crippen molar-refractivity contribution in [1.29, 1.82) is 0 Å². The summed E-state index contributed by atoms with van der Waals surface area (Å²) in [5.41, 5.74) is 7.66. The molecular formula is C23H34N10O. The number of nitrogens with two attached hydrogens (primary N) is 2. The molecule has 0 bridgehead atoms. The van der Waals surface area contributed by atoms with Gasteiger partial charge in [0, 0.05) is 81.4 Å². The van der Waals surface area contributed by atoms with E-state index in [0.717, 1.165) is 0 Å². The van der Waals surface area contributed by atoms with Gasteiger partial charge in [-0.3, -0.25) is 39.9 Å². The summed E-state index contributed by atoms with van der Waals surface area (Å²) >= 11 is 0. The van der Waals surface area contributed by atoms with Crippen LogP contribution in [0.15, 0.2) is 39.9 Å². The van der Waals surface area contributed by atoms with Crippen molar-refractivity contribution in [2.45, 2.75) is 93.2 Å². The quantitative estimate of drug-likeness (QED) is 0.433. The highest BCUT2D eigenvalue weighted by Crippen LogP contribution is 2.46. The first kappa shape index (κ1) is 24.4. The number of hydrogen-bond donors (Lipinski definition) is 3. The molecule has 11 nitrogen and oxygen atoms in total. The topological polar surface area (TPSA) is 171 Å². The molecule has 0 saturated heterocycles. The lowest BCUT2D eigenvalue weighted by molar-refractivity contribution is -0.0968. The van der Waals surface area contributed by atoms with E-state index in [4.69, 9.17) is 11.5 Å². The minimum Gasteiger partial charge on any atom is -0.386 e. The largest absolute Gasteiger partial charge is 0.386 e. The lowest BCUT2D eigenvalue weighted by Gasteiger charge is -2.53. The Morgan fingerprint density at radius 1 is 0.618 bits per heavy atom. The molecule has 4 rings (SSSR count). The zero-order chi connectivity index (χ0) is 24.7. The Morgan fingerprint density at radius 2 is 0.912 bits per heavy atom. The van der Waals surface area contributed by atoms with Gasteiger partial charge in [0.05, 0.1) is 5.54 Å². The summed E-state index contributed by atoms with van der Waals surface area (Å²) in [5, 5.41) is 12.6. The van der Waals surface area contributed by atoms with E-state index in [9.17, 15) is 5.11 Å². The van der Waals surface area contributed by atoms with Crippen molar-refractivity contribution < 1.29 is 5.11 Å². The van der Waals surface area contributed by atoms with E-state index in [2.05, 4.69) is 39.9 Å². The first-order chi connectivity index (χ1) is 15.8. The van der Waals surface area contributed by atoms with Gasteiger partial charge in [0.25, 0.3) is 0 Å². The summed E-state index contributed by atoms with van der Waals surface area (Å²) < 4.78 is 0. The van der Waals surface area contributed by atoms with Gasteiger partial charge in [0.1, 0.15) is 28.3 Å². The van der Waals surface area contributed by atoms with Gasteiger partial charge in [0.2, 0.25) is 0 Å². The molecule has 2 unspecified atom stereocenters. The summed E-state index contributed by atoms with van der Waals surface area (Å²) in [6.07, 6.45) is 13.9. The van der Waals surface area contributed by atoms with Crippen LogP contribution in [-0.2, 0) is 0 Å². The highest BCUT2D eigenvalue weighted by atomic mass is 16.3. The number of aliphatic imine (C=N–C) groups is 8. The molecule has 0 aromatic rings. The zero-order valence-corrected chi connectivity index (χ0v) is 20.2. The lowest BCUT2D eigenvalue weighted by Crippen LogP contribution is -2.73. The molecule has 182 valence electrons. The van der Waals surface area contributed by atoms with Crippen molar-refractivity contribution in [3.05, 3.63) is 0 Å². The van der Waals surface area contributed by atoms with Crippen molar-refractivity contribution in [3.8, 4) is 0 Å². The molecule has 2 atom stereocenters. The number of hydrogen-bond acceptors (Lipinski definition) is 11. The first-order valence-corrected chi connectivity index (χ1v) is 11.5. The van der Waals surface area contributed by atoms with Crippen molar-refractivity contribution >= 4 is 49.7 Å². The molecule has 11 heteroatoms. The van der Waals surface area contributed by atoms with Crippen LogP contribution in [0.2, 0.25) is 0 Å². The molecule has 0 amide bonds. The monoisotopic (exact) mass is 466 g/mol. The van der Waals surface area contributed by atoms with E-state index in [1.165, 1.54) is 0 Å². The standard InChI is InChI=1S/C23H34N10O/c1-18(26-5-6-27-18)13-17(24)23(34,16-21(4)32-11-12-33-21)22(25,14-19(2)28-7-8-29-19)15-20(3)30-9-10-31-20/h5-12,17,34H,13-16,24-25H2,1-4H3. The van der Waals surface area contributed by atoms with E-state index in [0.29, 0.717) is 0 Å². The van der Waals surface area contributed by atoms with Crippen molar-refractivity contribution in [2.24, 2.45) is 51.4 Å². The maximum Gasteiger partial charge on any atom is 0.150 e. The van der Waals surface area contributed by atoms with Crippen LogP contribution in [0.4, 0.5) is 0 Å². The Bertz CT molecular complexity index is 968. The van der Waals surface area contributed by atoms with Gasteiger partial charge in [-0.15, -0.1) is 0 Å². The van der Waals surface area contributed by atoms with E-state index in [1.54, 1.807) is 49.7 Å². The van der Waals surface area contributed by atoms with Crippen LogP contribution in [0.5, 0.6) is 0 Å². The third-order valence-electron chi connectivity index (χ3n) is 7.08. The van der Waals surface area contributed by atoms with Gasteiger partial charge in [-0.2, -0.15) is 0 Å². The average molecular weight is 467 g/mol. The molecule has 0 saturated carbocycles. The van der Waals surface area contributed by atoms with Crippen LogP contribution in [-0.4, -0.2) is 94.7 Å². The fourth-order valence-corrected chi connectivity index (χ4v) is 5.40. The molecule has 0 radical (unpaired) electrons. The molecule has 0 spiro atoms. The van der Waals surface area contributed by atoms with Crippen molar-refractivity contribution in [2.75, 3.05) is 0 Å². The molecule has 0 aromatic heterocycles. The fourth-order valence-electron chi connectivity index (χ4n) is 5.40. The molecule has 4 aliphatic rings. The molecular weight excluding hydrogens is 432 g/mol. The van der Waals surface area contributed by atoms with Crippen LogP contribution >= 0.6 is 0 Å². The second kappa shape index (κ2) is 8.17. The predicted octanol–water partition coefficient (Wildman–Crippen LogP) is 0.788. The molecule has 0 fully saturated rings. The molecule has 4 heterocycles. The van der Waals surface area contributed by atoms with E-state index in [1.807, 2.05) is 27.7 Å². The Kier molecular flexibility index (Phi) is 5.86. The first-order valence-electron chi connectivity index (χ1n) is 11.5. The maximum atomic E-state index is 12.6. The van der Waals surface area contributed by atoms with Gasteiger partial charge in [-0.05, 0) is 27.7 Å². The second-order valence-electron chi connectivity index (χ2n) is 10.5. The van der Waals surface area contributed by atoms with Gasteiger partial charge in [-0.1, -0.05) is 0 Å². The Hall–Kier alpha value is -2.76. The number of nitrogens with zero attached hydrogens (tertiary/aromatic N) is 8. The third-order valence-corrected chi connectivity index (χ3v) is 7.08. The molecule has 4 aliphatic heterocycles.